The molecule has 0 saturated carbocycles. The zero-order valence-electron chi connectivity index (χ0n) is 18.6. The van der Waals surface area contributed by atoms with Gasteiger partial charge in [-0.2, -0.15) is 5.48 Å². The maximum Gasteiger partial charge on any atom is 0.228 e. The van der Waals surface area contributed by atoms with E-state index in [-0.39, 0.29) is 18.4 Å². The van der Waals surface area contributed by atoms with Gasteiger partial charge in [0.1, 0.15) is 0 Å². The number of pyridine rings is 1. The summed E-state index contributed by atoms with van der Waals surface area (Å²) in [5.74, 6) is 0.470. The lowest BCUT2D eigenvalue weighted by Crippen LogP contribution is -2.16. The third-order valence-electron chi connectivity index (χ3n) is 5.56. The van der Waals surface area contributed by atoms with Gasteiger partial charge in [0.05, 0.1) is 23.8 Å². The van der Waals surface area contributed by atoms with Crippen molar-refractivity contribution < 1.29 is 9.08 Å². The highest BCUT2D eigenvalue weighted by Crippen LogP contribution is 2.35. The second-order valence-electron chi connectivity index (χ2n) is 7.85. The molecule has 1 heterocycles. The summed E-state index contributed by atoms with van der Waals surface area (Å²) in [6.45, 7) is 5.76. The van der Waals surface area contributed by atoms with E-state index in [0.717, 1.165) is 29.8 Å². The van der Waals surface area contributed by atoms with E-state index in [0.29, 0.717) is 11.5 Å². The van der Waals surface area contributed by atoms with Gasteiger partial charge < -0.3 is 10.6 Å². The molecule has 1 amide bonds. The van der Waals surface area contributed by atoms with Gasteiger partial charge in [-0.15, -0.1) is 6.58 Å². The second kappa shape index (κ2) is 11.1. The molecule has 6 nitrogen and oxygen atoms in total. The van der Waals surface area contributed by atoms with E-state index >= 15 is 0 Å². The van der Waals surface area contributed by atoms with Crippen molar-refractivity contribution in [3.05, 3.63) is 90.1 Å². The maximum absolute atomic E-state index is 12.0. The monoisotopic (exact) mass is 460 g/mol. The molecule has 4 rings (SSSR count). The summed E-state index contributed by atoms with van der Waals surface area (Å²) in [5.41, 5.74) is 8.57. The number of fused-ring (bicyclic) bond motifs is 1. The molecule has 170 valence electrons. The molecule has 0 radical (unpaired) electrons. The summed E-state index contributed by atoms with van der Waals surface area (Å²) in [7, 11) is 0. The molecule has 7 heteroatoms. The molecule has 0 spiro atoms. The van der Waals surface area contributed by atoms with Crippen LogP contribution in [0, 0.1) is 0 Å². The lowest BCUT2D eigenvalue weighted by atomic mass is 10.1. The fraction of sp³-hybridized carbons (Fsp3) is 0.231. The van der Waals surface area contributed by atoms with Gasteiger partial charge in [0, 0.05) is 23.2 Å². The zero-order chi connectivity index (χ0) is 23.0. The minimum Gasteiger partial charge on any atom is -0.338 e. The third-order valence-corrected chi connectivity index (χ3v) is 6.20. The molecule has 0 saturated heterocycles. The van der Waals surface area contributed by atoms with Crippen molar-refractivity contribution in [1.29, 1.82) is 0 Å². The van der Waals surface area contributed by atoms with E-state index in [1.807, 2.05) is 12.1 Å². The highest BCUT2D eigenvalue weighted by molar-refractivity contribution is 7.94. The van der Waals surface area contributed by atoms with Crippen LogP contribution in [0.1, 0.15) is 42.5 Å². The number of hydroxylamine groups is 1. The van der Waals surface area contributed by atoms with Crippen LogP contribution in [0.15, 0.2) is 78.3 Å². The van der Waals surface area contributed by atoms with Crippen LogP contribution < -0.4 is 16.1 Å². The predicted molar refractivity (Wildman–Crippen MR) is 134 cm³/mol. The number of nitrogens with zero attached hydrogens (tertiary/aromatic N) is 1. The van der Waals surface area contributed by atoms with Crippen molar-refractivity contribution in [2.24, 2.45) is 0 Å². The summed E-state index contributed by atoms with van der Waals surface area (Å²) < 4.78 is 5.76. The van der Waals surface area contributed by atoms with Crippen LogP contribution in [0.3, 0.4) is 0 Å². The number of rotatable bonds is 10. The SMILES string of the molecule is C=CCC(=O)Nc1cccnc1Nc1ccc2c(c1)C(NOSc1ccc(CC)cc1)CC2. The van der Waals surface area contributed by atoms with E-state index < -0.39 is 0 Å². The summed E-state index contributed by atoms with van der Waals surface area (Å²) >= 11 is 1.34. The number of amides is 1. The van der Waals surface area contributed by atoms with Crippen molar-refractivity contribution in [3.63, 3.8) is 0 Å². The molecule has 1 unspecified atom stereocenters. The largest absolute Gasteiger partial charge is 0.338 e. The molecule has 33 heavy (non-hydrogen) atoms. The van der Waals surface area contributed by atoms with Gasteiger partial charge in [0.25, 0.3) is 0 Å². The first-order chi connectivity index (χ1) is 16.2. The predicted octanol–water partition coefficient (Wildman–Crippen LogP) is 6.12. The minimum atomic E-state index is -0.127. The van der Waals surface area contributed by atoms with Crippen LogP contribution in [-0.4, -0.2) is 10.9 Å². The maximum atomic E-state index is 12.0. The average Bonchev–Trinajstić information content (AvgIpc) is 3.23. The molecule has 1 atom stereocenters. The van der Waals surface area contributed by atoms with Gasteiger partial charge in [-0.3, -0.25) is 4.79 Å². The van der Waals surface area contributed by atoms with Crippen molar-refractivity contribution >= 4 is 35.1 Å². The molecule has 0 fully saturated rings. The molecule has 1 aromatic heterocycles. The minimum absolute atomic E-state index is 0.111. The van der Waals surface area contributed by atoms with Gasteiger partial charge in [0.2, 0.25) is 5.91 Å². The molecule has 3 N–H and O–H groups in total. The van der Waals surface area contributed by atoms with Gasteiger partial charge in [-0.25, -0.2) is 9.27 Å². The van der Waals surface area contributed by atoms with Crippen LogP contribution in [-0.2, 0) is 21.9 Å². The van der Waals surface area contributed by atoms with E-state index in [9.17, 15) is 4.79 Å². The Labute approximate surface area is 199 Å². The van der Waals surface area contributed by atoms with E-state index in [2.05, 4.69) is 71.0 Å². The lowest BCUT2D eigenvalue weighted by Gasteiger charge is -2.16. The van der Waals surface area contributed by atoms with Crippen molar-refractivity contribution in [2.45, 2.75) is 43.5 Å². The van der Waals surface area contributed by atoms with Gasteiger partial charge in [0.15, 0.2) is 5.82 Å². The van der Waals surface area contributed by atoms with Crippen molar-refractivity contribution in [3.8, 4) is 0 Å². The Bertz CT molecular complexity index is 1120. The topological polar surface area (TPSA) is 75.3 Å². The number of hydrogen-bond acceptors (Lipinski definition) is 6. The van der Waals surface area contributed by atoms with Crippen molar-refractivity contribution in [1.82, 2.24) is 10.5 Å². The molecule has 1 aliphatic rings. The Morgan fingerprint density at radius 1 is 1.24 bits per heavy atom. The number of benzene rings is 2. The highest BCUT2D eigenvalue weighted by atomic mass is 32.2. The van der Waals surface area contributed by atoms with Crippen LogP contribution in [0.5, 0.6) is 0 Å². The lowest BCUT2D eigenvalue weighted by molar-refractivity contribution is -0.115. The summed E-state index contributed by atoms with van der Waals surface area (Å²) in [6.07, 6.45) is 6.52. The smallest absolute Gasteiger partial charge is 0.228 e. The molecule has 2 aromatic carbocycles. The van der Waals surface area contributed by atoms with Crippen LogP contribution in [0.25, 0.3) is 0 Å². The van der Waals surface area contributed by atoms with Crippen molar-refractivity contribution in [2.75, 3.05) is 10.6 Å². The first-order valence-electron chi connectivity index (χ1n) is 11.1. The van der Waals surface area contributed by atoms with Gasteiger partial charge in [-0.1, -0.05) is 31.2 Å². The Hall–Kier alpha value is -3.13. The van der Waals surface area contributed by atoms with Crippen LogP contribution in [0.4, 0.5) is 17.2 Å². The number of carbonyl (C=O) groups is 1. The van der Waals surface area contributed by atoms with Crippen LogP contribution in [0.2, 0.25) is 0 Å². The van der Waals surface area contributed by atoms with E-state index in [1.54, 1.807) is 18.3 Å². The average molecular weight is 461 g/mol. The standard InChI is InChI=1S/C26H28N4O2S/c1-3-6-25(31)29-24-7-5-16-27-26(24)28-20-12-10-19-11-15-23(22(19)17-20)30-32-33-21-13-8-18(4-2)9-14-21/h3,5,7-10,12-14,16-17,23,30H,1,4,6,11,15H2,2H3,(H,27,28)(H,29,31). The Kier molecular flexibility index (Phi) is 7.78. The summed E-state index contributed by atoms with van der Waals surface area (Å²) in [5, 5.41) is 6.21. The molecule has 0 bridgehead atoms. The fourth-order valence-corrected chi connectivity index (χ4v) is 4.30. The number of aryl methyl sites for hydroxylation is 2. The number of anilines is 3. The van der Waals surface area contributed by atoms with Gasteiger partial charge in [-0.05, 0) is 72.4 Å². The number of carbonyl (C=O) groups excluding carboxylic acids is 1. The molecular formula is C26H28N4O2S. The molecule has 3 aromatic rings. The highest BCUT2D eigenvalue weighted by Gasteiger charge is 2.23. The normalized spacial score (nSPS) is 14.5. The quantitative estimate of drug-likeness (QED) is 0.192. The summed E-state index contributed by atoms with van der Waals surface area (Å²) in [4.78, 5) is 17.5. The number of aromatic nitrogens is 1. The Morgan fingerprint density at radius 3 is 2.88 bits per heavy atom. The first kappa shape index (κ1) is 23.0. The first-order valence-corrected chi connectivity index (χ1v) is 11.8. The second-order valence-corrected chi connectivity index (χ2v) is 8.66. The number of nitrogens with one attached hydrogen (secondary N) is 3. The molecular weight excluding hydrogens is 432 g/mol. The molecule has 0 aliphatic heterocycles. The number of hydrogen-bond donors (Lipinski definition) is 3. The summed E-state index contributed by atoms with van der Waals surface area (Å²) in [6, 6.07) is 18.4. The zero-order valence-corrected chi connectivity index (χ0v) is 19.5. The fourth-order valence-electron chi connectivity index (χ4n) is 3.79. The van der Waals surface area contributed by atoms with E-state index in [4.69, 9.17) is 4.28 Å². The van der Waals surface area contributed by atoms with E-state index in [1.165, 1.54) is 28.7 Å². The Balaban J connectivity index is 1.40. The van der Waals surface area contributed by atoms with Gasteiger partial charge >= 0.3 is 0 Å². The molecule has 1 aliphatic carbocycles. The Morgan fingerprint density at radius 2 is 2.09 bits per heavy atom. The van der Waals surface area contributed by atoms with Crippen LogP contribution >= 0.6 is 12.0 Å². The third kappa shape index (κ3) is 6.01.